The Morgan fingerprint density at radius 2 is 1.73 bits per heavy atom. The third-order valence-electron chi connectivity index (χ3n) is 5.05. The van der Waals surface area contributed by atoms with E-state index in [4.69, 9.17) is 0 Å². The number of rotatable bonds is 3. The van der Waals surface area contributed by atoms with Gasteiger partial charge < -0.3 is 9.88 Å². The SMILES string of the molecule is Cl.Fc1cc(CN2CCC(c3nnc4n3CCNC4)CC2)cc(F)c1F. The zero-order valence-corrected chi connectivity index (χ0v) is 15.0. The fraction of sp³-hybridized carbons (Fsp3) is 0.529. The molecule has 0 saturated carbocycles. The second kappa shape index (κ2) is 7.94. The molecule has 9 heteroatoms. The number of aromatic nitrogens is 3. The van der Waals surface area contributed by atoms with Crippen molar-refractivity contribution in [2.75, 3.05) is 19.6 Å². The predicted molar refractivity (Wildman–Crippen MR) is 92.5 cm³/mol. The molecule has 2 aromatic rings. The summed E-state index contributed by atoms with van der Waals surface area (Å²) in [6, 6.07) is 2.15. The standard InChI is InChI=1S/C17H20F3N5.ClH/c18-13-7-11(8-14(19)16(13)20)10-24-4-1-12(2-5-24)17-23-22-15-9-21-3-6-25(15)17;/h7-8,12,21H,1-6,9-10H2;1H. The zero-order valence-electron chi connectivity index (χ0n) is 14.2. The Morgan fingerprint density at radius 3 is 2.42 bits per heavy atom. The van der Waals surface area contributed by atoms with Crippen LogP contribution in [0.25, 0.3) is 0 Å². The molecular formula is C17H21ClF3N5. The second-order valence-electron chi connectivity index (χ2n) is 6.73. The third kappa shape index (κ3) is 3.72. The molecule has 0 atom stereocenters. The van der Waals surface area contributed by atoms with Gasteiger partial charge in [0.05, 0.1) is 6.54 Å². The third-order valence-corrected chi connectivity index (χ3v) is 5.05. The molecule has 2 aliphatic rings. The maximum Gasteiger partial charge on any atom is 0.194 e. The van der Waals surface area contributed by atoms with Gasteiger partial charge in [-0.15, -0.1) is 22.6 Å². The molecule has 0 radical (unpaired) electrons. The quantitative estimate of drug-likeness (QED) is 0.822. The van der Waals surface area contributed by atoms with E-state index in [9.17, 15) is 13.2 Å². The first-order valence-corrected chi connectivity index (χ1v) is 8.60. The minimum atomic E-state index is -1.41. The van der Waals surface area contributed by atoms with E-state index < -0.39 is 17.5 Å². The van der Waals surface area contributed by atoms with Crippen molar-refractivity contribution < 1.29 is 13.2 Å². The van der Waals surface area contributed by atoms with Gasteiger partial charge in [0, 0.05) is 25.6 Å². The van der Waals surface area contributed by atoms with Gasteiger partial charge in [0.1, 0.15) is 11.6 Å². The number of hydrogen-bond acceptors (Lipinski definition) is 4. The smallest absolute Gasteiger partial charge is 0.194 e. The molecule has 0 aliphatic carbocycles. The lowest BCUT2D eigenvalue weighted by atomic mass is 9.95. The van der Waals surface area contributed by atoms with Crippen molar-refractivity contribution in [1.82, 2.24) is 25.0 Å². The summed E-state index contributed by atoms with van der Waals surface area (Å²) < 4.78 is 42.0. The van der Waals surface area contributed by atoms with E-state index in [1.165, 1.54) is 0 Å². The van der Waals surface area contributed by atoms with Gasteiger partial charge in [-0.3, -0.25) is 4.90 Å². The average molecular weight is 388 g/mol. The van der Waals surface area contributed by atoms with Crippen molar-refractivity contribution in [1.29, 1.82) is 0 Å². The first-order chi connectivity index (χ1) is 12.1. The molecule has 1 aromatic carbocycles. The van der Waals surface area contributed by atoms with Crippen LogP contribution in [0, 0.1) is 17.5 Å². The number of halogens is 4. The molecule has 0 amide bonds. The van der Waals surface area contributed by atoms with Gasteiger partial charge in [-0.2, -0.15) is 0 Å². The number of piperidine rings is 1. The van der Waals surface area contributed by atoms with E-state index in [-0.39, 0.29) is 12.4 Å². The van der Waals surface area contributed by atoms with Crippen LogP contribution >= 0.6 is 12.4 Å². The number of fused-ring (bicyclic) bond motifs is 1. The summed E-state index contributed by atoms with van der Waals surface area (Å²) in [4.78, 5) is 2.14. The highest BCUT2D eigenvalue weighted by Gasteiger charge is 2.27. The van der Waals surface area contributed by atoms with Crippen molar-refractivity contribution in [3.05, 3.63) is 46.8 Å². The van der Waals surface area contributed by atoms with E-state index in [0.29, 0.717) is 18.0 Å². The molecule has 4 rings (SSSR count). The first kappa shape index (κ1) is 19.1. The van der Waals surface area contributed by atoms with Gasteiger partial charge in [0.2, 0.25) is 0 Å². The molecule has 5 nitrogen and oxygen atoms in total. The summed E-state index contributed by atoms with van der Waals surface area (Å²) in [7, 11) is 0. The fourth-order valence-electron chi connectivity index (χ4n) is 3.72. The van der Waals surface area contributed by atoms with Gasteiger partial charge in [0.25, 0.3) is 0 Å². The van der Waals surface area contributed by atoms with Crippen LogP contribution in [0.15, 0.2) is 12.1 Å². The van der Waals surface area contributed by atoms with E-state index in [0.717, 1.165) is 69.3 Å². The van der Waals surface area contributed by atoms with Crippen LogP contribution in [0.1, 0.15) is 36.0 Å². The summed E-state index contributed by atoms with van der Waals surface area (Å²) in [6.07, 6.45) is 1.86. The van der Waals surface area contributed by atoms with Crippen molar-refractivity contribution in [3.8, 4) is 0 Å². The van der Waals surface area contributed by atoms with Crippen molar-refractivity contribution in [3.63, 3.8) is 0 Å². The van der Waals surface area contributed by atoms with E-state index in [1.54, 1.807) is 0 Å². The van der Waals surface area contributed by atoms with Crippen LogP contribution in [0.2, 0.25) is 0 Å². The molecular weight excluding hydrogens is 367 g/mol. The molecule has 0 spiro atoms. The van der Waals surface area contributed by atoms with Crippen molar-refractivity contribution >= 4 is 12.4 Å². The highest BCUT2D eigenvalue weighted by molar-refractivity contribution is 5.85. The molecule has 1 saturated heterocycles. The molecule has 3 heterocycles. The van der Waals surface area contributed by atoms with E-state index in [2.05, 4.69) is 25.0 Å². The van der Waals surface area contributed by atoms with Gasteiger partial charge in [-0.1, -0.05) is 0 Å². The topological polar surface area (TPSA) is 46.0 Å². The Balaban J connectivity index is 0.00000196. The minimum Gasteiger partial charge on any atom is -0.312 e. The Labute approximate surface area is 156 Å². The number of nitrogens with one attached hydrogen (secondary N) is 1. The minimum absolute atomic E-state index is 0. The molecule has 1 N–H and O–H groups in total. The molecule has 1 fully saturated rings. The predicted octanol–water partition coefficient (Wildman–Crippen LogP) is 2.60. The van der Waals surface area contributed by atoms with Crippen LogP contribution in [-0.4, -0.2) is 39.3 Å². The largest absolute Gasteiger partial charge is 0.312 e. The first-order valence-electron chi connectivity index (χ1n) is 8.60. The number of hydrogen-bond donors (Lipinski definition) is 1. The Morgan fingerprint density at radius 1 is 1.04 bits per heavy atom. The van der Waals surface area contributed by atoms with Crippen molar-refractivity contribution in [2.24, 2.45) is 0 Å². The lowest BCUT2D eigenvalue weighted by Gasteiger charge is -2.32. The number of nitrogens with zero attached hydrogens (tertiary/aromatic N) is 4. The Hall–Kier alpha value is -1.64. The zero-order chi connectivity index (χ0) is 17.4. The molecule has 2 aliphatic heterocycles. The normalized spacial score (nSPS) is 18.4. The molecule has 0 unspecified atom stereocenters. The molecule has 142 valence electrons. The van der Waals surface area contributed by atoms with Gasteiger partial charge in [0.15, 0.2) is 17.5 Å². The Bertz CT molecular complexity index is 751. The van der Waals surface area contributed by atoms with Crippen LogP contribution in [0.5, 0.6) is 0 Å². The van der Waals surface area contributed by atoms with E-state index >= 15 is 0 Å². The summed E-state index contributed by atoms with van der Waals surface area (Å²) >= 11 is 0. The highest BCUT2D eigenvalue weighted by Crippen LogP contribution is 2.28. The van der Waals surface area contributed by atoms with Crippen LogP contribution in [-0.2, 0) is 19.6 Å². The summed E-state index contributed by atoms with van der Waals surface area (Å²) in [5.74, 6) is -1.27. The van der Waals surface area contributed by atoms with Gasteiger partial charge >= 0.3 is 0 Å². The van der Waals surface area contributed by atoms with Gasteiger partial charge in [-0.05, 0) is 43.6 Å². The fourth-order valence-corrected chi connectivity index (χ4v) is 3.72. The monoisotopic (exact) mass is 387 g/mol. The Kier molecular flexibility index (Phi) is 5.84. The highest BCUT2D eigenvalue weighted by atomic mass is 35.5. The maximum atomic E-state index is 13.3. The number of likely N-dealkylation sites (tertiary alicyclic amines) is 1. The molecule has 26 heavy (non-hydrogen) atoms. The summed E-state index contributed by atoms with van der Waals surface area (Å²) in [5.41, 5.74) is 0.459. The molecule has 1 aromatic heterocycles. The van der Waals surface area contributed by atoms with Crippen LogP contribution < -0.4 is 5.32 Å². The number of benzene rings is 1. The van der Waals surface area contributed by atoms with Crippen LogP contribution in [0.4, 0.5) is 13.2 Å². The van der Waals surface area contributed by atoms with Gasteiger partial charge in [-0.25, -0.2) is 13.2 Å². The maximum absolute atomic E-state index is 13.3. The second-order valence-corrected chi connectivity index (χ2v) is 6.73. The lowest BCUT2D eigenvalue weighted by molar-refractivity contribution is 0.199. The van der Waals surface area contributed by atoms with Crippen molar-refractivity contribution in [2.45, 2.75) is 38.4 Å². The average Bonchev–Trinajstić information content (AvgIpc) is 3.04. The van der Waals surface area contributed by atoms with E-state index in [1.807, 2.05) is 0 Å². The summed E-state index contributed by atoms with van der Waals surface area (Å²) in [5, 5.41) is 11.9. The lowest BCUT2D eigenvalue weighted by Crippen LogP contribution is -2.34. The molecule has 0 bridgehead atoms. The summed E-state index contributed by atoms with van der Waals surface area (Å²) in [6.45, 7) is 4.62. The van der Waals surface area contributed by atoms with Crippen LogP contribution in [0.3, 0.4) is 0 Å².